The Morgan fingerprint density at radius 1 is 1.04 bits per heavy atom. The molecule has 3 aromatic carbocycles. The van der Waals surface area contributed by atoms with E-state index in [0.717, 1.165) is 3.57 Å². The Morgan fingerprint density at radius 2 is 1.80 bits per heavy atom. The Labute approximate surface area is 278 Å². The van der Waals surface area contributed by atoms with E-state index in [1.165, 1.54) is 26.5 Å². The number of benzene rings is 3. The van der Waals surface area contributed by atoms with Crippen molar-refractivity contribution in [2.75, 3.05) is 27.4 Å². The summed E-state index contributed by atoms with van der Waals surface area (Å²) in [6.07, 6.45) is 1.39. The van der Waals surface area contributed by atoms with E-state index in [0.29, 0.717) is 33.9 Å². The van der Waals surface area contributed by atoms with Crippen LogP contribution in [0.2, 0.25) is 0 Å². The Morgan fingerprint density at radius 3 is 2.52 bits per heavy atom. The van der Waals surface area contributed by atoms with Gasteiger partial charge < -0.3 is 34.3 Å². The third-order valence-electron chi connectivity index (χ3n) is 6.64. The van der Waals surface area contributed by atoms with Gasteiger partial charge in [0.15, 0.2) is 29.6 Å². The number of esters is 1. The van der Waals surface area contributed by atoms with Crippen LogP contribution >= 0.6 is 22.6 Å². The lowest BCUT2D eigenvalue weighted by Crippen LogP contribution is -2.45. The molecule has 0 saturated carbocycles. The molecule has 1 heterocycles. The smallest absolute Gasteiger partial charge is 0.338 e. The van der Waals surface area contributed by atoms with E-state index in [1.807, 2.05) is 0 Å². The molecule has 1 aliphatic heterocycles. The second kappa shape index (κ2) is 15.9. The molecule has 0 aromatic heterocycles. The van der Waals surface area contributed by atoms with Crippen molar-refractivity contribution in [1.82, 2.24) is 16.1 Å². The molecule has 0 spiro atoms. The van der Waals surface area contributed by atoms with E-state index < -0.39 is 36.4 Å². The first-order valence-electron chi connectivity index (χ1n) is 14.0. The fraction of sp³-hybridized carbons (Fsp3) is 0.250. The molecule has 3 aromatic rings. The average Bonchev–Trinajstić information content (AvgIpc) is 3.03. The summed E-state index contributed by atoms with van der Waals surface area (Å²) in [5.74, 6) is -0.276. The zero-order chi connectivity index (χ0) is 33.2. The van der Waals surface area contributed by atoms with Crippen molar-refractivity contribution >= 4 is 46.7 Å². The van der Waals surface area contributed by atoms with Gasteiger partial charge >= 0.3 is 12.0 Å². The summed E-state index contributed by atoms with van der Waals surface area (Å²) in [6, 6.07) is 13.3. The molecule has 0 saturated heterocycles. The van der Waals surface area contributed by atoms with Gasteiger partial charge in [-0.25, -0.2) is 19.4 Å². The van der Waals surface area contributed by atoms with E-state index in [1.54, 1.807) is 62.4 Å². The molecule has 1 atom stereocenters. The molecule has 3 amide bonds. The monoisotopic (exact) mass is 746 g/mol. The number of rotatable bonds is 13. The summed E-state index contributed by atoms with van der Waals surface area (Å²) < 4.78 is 42.6. The summed E-state index contributed by atoms with van der Waals surface area (Å²) in [4.78, 5) is 37.4. The van der Waals surface area contributed by atoms with Gasteiger partial charge in [-0.15, -0.1) is 0 Å². The molecule has 4 rings (SSSR count). The maximum Gasteiger partial charge on any atom is 0.338 e. The van der Waals surface area contributed by atoms with Crippen molar-refractivity contribution in [3.63, 3.8) is 0 Å². The molecule has 0 fully saturated rings. The predicted octanol–water partition coefficient (Wildman–Crippen LogP) is 4.75. The van der Waals surface area contributed by atoms with Gasteiger partial charge in [-0.1, -0.05) is 24.3 Å². The molecule has 3 N–H and O–H groups in total. The quantitative estimate of drug-likeness (QED) is 0.0985. The lowest BCUT2D eigenvalue weighted by Gasteiger charge is -2.28. The Bertz CT molecular complexity index is 1680. The zero-order valence-electron chi connectivity index (χ0n) is 25.4. The third-order valence-corrected chi connectivity index (χ3v) is 7.26. The number of hydrogen-bond acceptors (Lipinski definition) is 9. The van der Waals surface area contributed by atoms with Crippen molar-refractivity contribution in [3.05, 3.63) is 91.9 Å². The van der Waals surface area contributed by atoms with E-state index in [-0.39, 0.29) is 30.3 Å². The number of amides is 3. The van der Waals surface area contributed by atoms with Crippen LogP contribution in [0.15, 0.2) is 71.0 Å². The average molecular weight is 747 g/mol. The van der Waals surface area contributed by atoms with E-state index in [2.05, 4.69) is 43.8 Å². The minimum absolute atomic E-state index is 0.0463. The second-order valence-corrected chi connectivity index (χ2v) is 10.9. The zero-order valence-corrected chi connectivity index (χ0v) is 27.6. The number of carbonyl (C=O) groups is 3. The van der Waals surface area contributed by atoms with Crippen LogP contribution in [0, 0.1) is 9.39 Å². The van der Waals surface area contributed by atoms with Gasteiger partial charge in [-0.3, -0.25) is 4.79 Å². The molecule has 46 heavy (non-hydrogen) atoms. The lowest BCUT2D eigenvalue weighted by molar-refractivity contribution is -0.139. The first kappa shape index (κ1) is 34.0. The van der Waals surface area contributed by atoms with Crippen LogP contribution in [-0.2, 0) is 20.9 Å². The van der Waals surface area contributed by atoms with Crippen LogP contribution in [0.5, 0.6) is 23.0 Å². The van der Waals surface area contributed by atoms with Crippen LogP contribution in [0.25, 0.3) is 0 Å². The van der Waals surface area contributed by atoms with Crippen molar-refractivity contribution < 1.29 is 42.5 Å². The molecule has 0 radical (unpaired) electrons. The third kappa shape index (κ3) is 8.44. The summed E-state index contributed by atoms with van der Waals surface area (Å²) in [5, 5.41) is 9.34. The number of allylic oxidation sites excluding steroid dienone is 1. The van der Waals surface area contributed by atoms with Crippen LogP contribution in [0.1, 0.15) is 36.6 Å². The van der Waals surface area contributed by atoms with Crippen molar-refractivity contribution in [2.45, 2.75) is 26.5 Å². The number of carbonyl (C=O) groups excluding carboxylic acids is 3. The molecule has 0 aliphatic carbocycles. The molecule has 1 aliphatic rings. The van der Waals surface area contributed by atoms with Gasteiger partial charge in [-0.2, -0.15) is 5.10 Å². The van der Waals surface area contributed by atoms with Gasteiger partial charge in [0, 0.05) is 20.4 Å². The van der Waals surface area contributed by atoms with Gasteiger partial charge in [0.2, 0.25) is 0 Å². The maximum atomic E-state index is 14.1. The van der Waals surface area contributed by atoms with Gasteiger partial charge in [0.1, 0.15) is 12.4 Å². The van der Waals surface area contributed by atoms with Crippen LogP contribution in [0.4, 0.5) is 9.18 Å². The highest BCUT2D eigenvalue weighted by Crippen LogP contribution is 2.35. The van der Waals surface area contributed by atoms with Crippen LogP contribution in [0.3, 0.4) is 0 Å². The van der Waals surface area contributed by atoms with E-state index >= 15 is 0 Å². The minimum Gasteiger partial charge on any atom is -0.493 e. The number of nitrogens with one attached hydrogen (secondary N) is 3. The fourth-order valence-electron chi connectivity index (χ4n) is 4.51. The predicted molar refractivity (Wildman–Crippen MR) is 174 cm³/mol. The SMILES string of the molecule is CCOC(=O)C1=C(C)NC(=O)N[C@H]1c1ccc(OCC(=O)N/N=C/c2cc(I)cc(OC)c2OCc2ccccc2F)c(OC)c1. The van der Waals surface area contributed by atoms with E-state index in [4.69, 9.17) is 23.7 Å². The van der Waals surface area contributed by atoms with Crippen LogP contribution < -0.4 is 35.0 Å². The van der Waals surface area contributed by atoms with Gasteiger partial charge in [-0.05, 0) is 72.3 Å². The largest absolute Gasteiger partial charge is 0.493 e. The highest BCUT2D eigenvalue weighted by molar-refractivity contribution is 14.1. The van der Waals surface area contributed by atoms with Crippen molar-refractivity contribution in [3.8, 4) is 23.0 Å². The topological polar surface area (TPSA) is 146 Å². The standard InChI is InChI=1S/C32H32FIN4O8/c1-5-44-31(40)28-18(2)36-32(41)37-29(28)19-10-11-24(25(13-19)42-3)45-17-27(39)38-35-15-21-12-22(34)14-26(43-4)30(21)46-16-20-8-6-7-9-23(20)33/h6-15,29H,5,16-17H2,1-4H3,(H,38,39)(H2,36,37,41)/b35-15+/t29-/m0/s1. The number of hydrazone groups is 1. The normalized spacial score (nSPS) is 14.3. The molecule has 12 nitrogen and oxygen atoms in total. The second-order valence-electron chi connectivity index (χ2n) is 9.69. The molecule has 242 valence electrons. The Balaban J connectivity index is 1.43. The first-order chi connectivity index (χ1) is 22.1. The number of urea groups is 1. The Kier molecular flexibility index (Phi) is 11.8. The van der Waals surface area contributed by atoms with Gasteiger partial charge in [0.05, 0.1) is 38.7 Å². The molecular weight excluding hydrogens is 714 g/mol. The van der Waals surface area contributed by atoms with Crippen LogP contribution in [-0.4, -0.2) is 51.6 Å². The number of halogens is 2. The number of nitrogens with zero attached hydrogens (tertiary/aromatic N) is 1. The summed E-state index contributed by atoms with van der Waals surface area (Å²) in [7, 11) is 2.91. The molecule has 14 heteroatoms. The van der Waals surface area contributed by atoms with Gasteiger partial charge in [0.25, 0.3) is 5.91 Å². The fourth-order valence-corrected chi connectivity index (χ4v) is 5.13. The molecule has 0 unspecified atom stereocenters. The summed E-state index contributed by atoms with van der Waals surface area (Å²) >= 11 is 2.11. The number of methoxy groups -OCH3 is 2. The molecular formula is C32H32FIN4O8. The lowest BCUT2D eigenvalue weighted by atomic mass is 9.95. The van der Waals surface area contributed by atoms with Crippen molar-refractivity contribution in [1.29, 1.82) is 0 Å². The van der Waals surface area contributed by atoms with E-state index in [9.17, 15) is 18.8 Å². The number of hydrogen-bond donors (Lipinski definition) is 3. The maximum absolute atomic E-state index is 14.1. The first-order valence-corrected chi connectivity index (χ1v) is 15.0. The molecule has 0 bridgehead atoms. The Hall–Kier alpha value is -4.86. The highest BCUT2D eigenvalue weighted by atomic mass is 127. The highest BCUT2D eigenvalue weighted by Gasteiger charge is 2.32. The summed E-state index contributed by atoms with van der Waals surface area (Å²) in [6.45, 7) is 3.02. The minimum atomic E-state index is -0.798. The number of ether oxygens (including phenoxy) is 5. The van der Waals surface area contributed by atoms with Crippen molar-refractivity contribution in [2.24, 2.45) is 5.10 Å². The summed E-state index contributed by atoms with van der Waals surface area (Å²) in [5.41, 5.74) is 4.43.